The number of ether oxygens (including phenoxy) is 1. The molecule has 174 valence electrons. The maximum atomic E-state index is 13.3. The number of amides is 3. The fourth-order valence-corrected chi connectivity index (χ4v) is 4.37. The molecular weight excluding hydrogens is 434 g/mol. The van der Waals surface area contributed by atoms with Crippen molar-refractivity contribution in [2.24, 2.45) is 5.92 Å². The van der Waals surface area contributed by atoms with Crippen molar-refractivity contribution in [2.75, 3.05) is 19.8 Å². The Balaban J connectivity index is 1.28. The van der Waals surface area contributed by atoms with Crippen molar-refractivity contribution in [3.05, 3.63) is 83.4 Å². The summed E-state index contributed by atoms with van der Waals surface area (Å²) in [7, 11) is 0. The minimum Gasteiger partial charge on any atom is -0.377 e. The van der Waals surface area contributed by atoms with Crippen molar-refractivity contribution in [2.45, 2.75) is 25.4 Å². The van der Waals surface area contributed by atoms with E-state index in [0.717, 1.165) is 11.1 Å². The molecule has 9 nitrogen and oxygen atoms in total. The molecule has 3 heterocycles. The van der Waals surface area contributed by atoms with Crippen LogP contribution in [0.15, 0.2) is 60.9 Å². The maximum Gasteiger partial charge on any atom is 0.254 e. The lowest BCUT2D eigenvalue weighted by atomic mass is 9.97. The van der Waals surface area contributed by atoms with Crippen LogP contribution in [0.5, 0.6) is 0 Å². The number of carbonyl (C=O) groups is 3. The standard InChI is InChI=1S/C25H25N5O4/c31-22-13-20(24(32)27-22)12-17-6-8-19(9-7-17)25(33)30-10-11-34-15-21(30)23-26-16-29(28-23)14-18-4-2-1-3-5-18/h1-9,16,20-21H,10-15H2,(H,27,31,32). The molecule has 9 heteroatoms. The first kappa shape index (κ1) is 22.0. The van der Waals surface area contributed by atoms with Crippen LogP contribution in [-0.4, -0.2) is 57.1 Å². The van der Waals surface area contributed by atoms with Crippen LogP contribution in [0, 0.1) is 5.92 Å². The Morgan fingerprint density at radius 3 is 2.59 bits per heavy atom. The Hall–Kier alpha value is -3.85. The summed E-state index contributed by atoms with van der Waals surface area (Å²) < 4.78 is 7.41. The van der Waals surface area contributed by atoms with Gasteiger partial charge in [-0.3, -0.25) is 19.7 Å². The smallest absolute Gasteiger partial charge is 0.254 e. The van der Waals surface area contributed by atoms with Crippen LogP contribution in [0.2, 0.25) is 0 Å². The molecule has 2 fully saturated rings. The van der Waals surface area contributed by atoms with Crippen LogP contribution in [0.3, 0.4) is 0 Å². The number of imide groups is 1. The molecule has 0 radical (unpaired) electrons. The molecule has 0 spiro atoms. The zero-order chi connectivity index (χ0) is 23.5. The van der Waals surface area contributed by atoms with Gasteiger partial charge in [-0.1, -0.05) is 42.5 Å². The van der Waals surface area contributed by atoms with Gasteiger partial charge < -0.3 is 9.64 Å². The van der Waals surface area contributed by atoms with Crippen LogP contribution in [0.1, 0.15) is 39.8 Å². The zero-order valence-electron chi connectivity index (χ0n) is 18.6. The van der Waals surface area contributed by atoms with Gasteiger partial charge in [-0.25, -0.2) is 9.67 Å². The Morgan fingerprint density at radius 1 is 1.06 bits per heavy atom. The lowest BCUT2D eigenvalue weighted by Crippen LogP contribution is -2.44. The van der Waals surface area contributed by atoms with E-state index in [0.29, 0.717) is 44.1 Å². The number of morpholine rings is 1. The predicted octanol–water partition coefficient (Wildman–Crippen LogP) is 1.75. The quantitative estimate of drug-likeness (QED) is 0.563. The van der Waals surface area contributed by atoms with Crippen LogP contribution in [0.25, 0.3) is 0 Å². The summed E-state index contributed by atoms with van der Waals surface area (Å²) in [6.45, 7) is 1.84. The summed E-state index contributed by atoms with van der Waals surface area (Å²) in [5.41, 5.74) is 2.57. The van der Waals surface area contributed by atoms with Crippen LogP contribution >= 0.6 is 0 Å². The molecule has 2 aliphatic rings. The molecule has 0 aliphatic carbocycles. The molecule has 0 saturated carbocycles. The summed E-state index contributed by atoms with van der Waals surface area (Å²) in [5, 5.41) is 6.94. The molecule has 1 N–H and O–H groups in total. The van der Waals surface area contributed by atoms with Crippen LogP contribution in [-0.2, 0) is 27.3 Å². The van der Waals surface area contributed by atoms with Gasteiger partial charge in [0.2, 0.25) is 11.8 Å². The van der Waals surface area contributed by atoms with Gasteiger partial charge in [0.25, 0.3) is 5.91 Å². The molecule has 2 unspecified atom stereocenters. The number of aromatic nitrogens is 3. The Bertz CT molecular complexity index is 1190. The van der Waals surface area contributed by atoms with Gasteiger partial charge in [-0.05, 0) is 29.7 Å². The van der Waals surface area contributed by atoms with Crippen molar-refractivity contribution in [3.8, 4) is 0 Å². The fraction of sp³-hybridized carbons (Fsp3) is 0.320. The highest BCUT2D eigenvalue weighted by atomic mass is 16.5. The Morgan fingerprint density at radius 2 is 1.85 bits per heavy atom. The minimum atomic E-state index is -0.369. The topological polar surface area (TPSA) is 106 Å². The van der Waals surface area contributed by atoms with E-state index in [1.54, 1.807) is 28.0 Å². The molecule has 2 saturated heterocycles. The molecule has 3 aromatic rings. The van der Waals surface area contributed by atoms with Gasteiger partial charge in [-0.15, -0.1) is 0 Å². The summed E-state index contributed by atoms with van der Waals surface area (Å²) in [6, 6.07) is 16.8. The lowest BCUT2D eigenvalue weighted by molar-refractivity contribution is -0.125. The second-order valence-electron chi connectivity index (χ2n) is 8.59. The third kappa shape index (κ3) is 4.74. The number of benzene rings is 2. The van der Waals surface area contributed by atoms with E-state index in [1.165, 1.54) is 0 Å². The van der Waals surface area contributed by atoms with Crippen molar-refractivity contribution in [1.82, 2.24) is 25.0 Å². The molecule has 2 aliphatic heterocycles. The van der Waals surface area contributed by atoms with Gasteiger partial charge in [0, 0.05) is 18.5 Å². The number of hydrogen-bond acceptors (Lipinski definition) is 6. The van der Waals surface area contributed by atoms with Crippen molar-refractivity contribution in [1.29, 1.82) is 0 Å². The van der Waals surface area contributed by atoms with E-state index >= 15 is 0 Å². The third-order valence-corrected chi connectivity index (χ3v) is 6.18. The highest BCUT2D eigenvalue weighted by molar-refractivity contribution is 6.03. The van der Waals surface area contributed by atoms with Gasteiger partial charge >= 0.3 is 0 Å². The number of carbonyl (C=O) groups excluding carboxylic acids is 3. The zero-order valence-corrected chi connectivity index (χ0v) is 18.6. The molecule has 34 heavy (non-hydrogen) atoms. The van der Waals surface area contributed by atoms with Crippen LogP contribution in [0.4, 0.5) is 0 Å². The monoisotopic (exact) mass is 459 g/mol. The molecule has 1 aromatic heterocycles. The van der Waals surface area contributed by atoms with Crippen molar-refractivity contribution < 1.29 is 19.1 Å². The first-order valence-corrected chi connectivity index (χ1v) is 11.3. The van der Waals surface area contributed by atoms with Gasteiger partial charge in [0.15, 0.2) is 5.82 Å². The summed E-state index contributed by atoms with van der Waals surface area (Å²) in [6.07, 6.45) is 2.35. The summed E-state index contributed by atoms with van der Waals surface area (Å²) in [5.74, 6) is -0.388. The second-order valence-corrected chi connectivity index (χ2v) is 8.59. The number of nitrogens with one attached hydrogen (secondary N) is 1. The molecule has 3 amide bonds. The van der Waals surface area contributed by atoms with E-state index < -0.39 is 0 Å². The van der Waals surface area contributed by atoms with Crippen molar-refractivity contribution >= 4 is 17.7 Å². The number of hydrogen-bond donors (Lipinski definition) is 1. The lowest BCUT2D eigenvalue weighted by Gasteiger charge is -2.34. The molecular formula is C25H25N5O4. The van der Waals surface area contributed by atoms with Crippen LogP contribution < -0.4 is 5.32 Å². The first-order chi connectivity index (χ1) is 16.6. The van der Waals surface area contributed by atoms with E-state index in [1.807, 2.05) is 42.5 Å². The average Bonchev–Trinajstić information content (AvgIpc) is 3.45. The summed E-state index contributed by atoms with van der Waals surface area (Å²) >= 11 is 0. The molecule has 0 bridgehead atoms. The van der Waals surface area contributed by atoms with E-state index in [4.69, 9.17) is 4.74 Å². The van der Waals surface area contributed by atoms with E-state index in [2.05, 4.69) is 15.4 Å². The first-order valence-electron chi connectivity index (χ1n) is 11.3. The average molecular weight is 460 g/mol. The molecule has 2 aromatic carbocycles. The number of rotatable bonds is 6. The predicted molar refractivity (Wildman–Crippen MR) is 122 cm³/mol. The molecule has 2 atom stereocenters. The normalized spacial score (nSPS) is 20.4. The Kier molecular flexibility index (Phi) is 6.18. The summed E-state index contributed by atoms with van der Waals surface area (Å²) in [4.78, 5) is 42.8. The number of nitrogens with zero attached hydrogens (tertiary/aromatic N) is 4. The van der Waals surface area contributed by atoms with Gasteiger partial charge in [-0.2, -0.15) is 5.10 Å². The third-order valence-electron chi connectivity index (χ3n) is 6.18. The maximum absolute atomic E-state index is 13.3. The highest BCUT2D eigenvalue weighted by Crippen LogP contribution is 2.24. The SMILES string of the molecule is O=C1CC(Cc2ccc(C(=O)N3CCOCC3c3ncn(Cc4ccccc4)n3)cc2)C(=O)N1. The Labute approximate surface area is 196 Å². The van der Waals surface area contributed by atoms with E-state index in [9.17, 15) is 14.4 Å². The second kappa shape index (κ2) is 9.56. The van der Waals surface area contributed by atoms with Gasteiger partial charge in [0.1, 0.15) is 12.4 Å². The van der Waals surface area contributed by atoms with Gasteiger partial charge in [0.05, 0.1) is 25.7 Å². The largest absolute Gasteiger partial charge is 0.377 e. The van der Waals surface area contributed by atoms with E-state index in [-0.39, 0.29) is 36.1 Å². The fourth-order valence-electron chi connectivity index (χ4n) is 4.37. The molecule has 5 rings (SSSR count). The minimum absolute atomic E-state index is 0.118. The van der Waals surface area contributed by atoms with Crippen molar-refractivity contribution in [3.63, 3.8) is 0 Å². The highest BCUT2D eigenvalue weighted by Gasteiger charge is 2.33.